The normalized spacial score (nSPS) is 15.6. The van der Waals surface area contributed by atoms with E-state index in [9.17, 15) is 4.79 Å². The first-order chi connectivity index (χ1) is 16.5. The summed E-state index contributed by atoms with van der Waals surface area (Å²) in [5.74, 6) is 0.261. The van der Waals surface area contributed by atoms with Gasteiger partial charge in [0, 0.05) is 11.4 Å². The lowest BCUT2D eigenvalue weighted by Crippen LogP contribution is -2.37. The van der Waals surface area contributed by atoms with Crippen molar-refractivity contribution in [2.45, 2.75) is 26.8 Å². The second-order valence-corrected chi connectivity index (χ2v) is 8.34. The van der Waals surface area contributed by atoms with Crippen LogP contribution in [0.25, 0.3) is 11.1 Å². The molecule has 4 aromatic rings. The van der Waals surface area contributed by atoms with Gasteiger partial charge in [0.1, 0.15) is 11.6 Å². The van der Waals surface area contributed by atoms with Gasteiger partial charge in [-0.25, -0.2) is 4.99 Å². The summed E-state index contributed by atoms with van der Waals surface area (Å²) in [6, 6.07) is 23.1. The molecule has 1 atom stereocenters. The summed E-state index contributed by atoms with van der Waals surface area (Å²) in [4.78, 5) is 22.7. The van der Waals surface area contributed by atoms with Crippen molar-refractivity contribution in [3.63, 3.8) is 0 Å². The smallest absolute Gasteiger partial charge is 0.302 e. The van der Waals surface area contributed by atoms with Crippen LogP contribution in [-0.4, -0.2) is 16.9 Å². The lowest BCUT2D eigenvalue weighted by atomic mass is 9.95. The van der Waals surface area contributed by atoms with Crippen LogP contribution in [-0.2, 0) is 4.79 Å². The van der Waals surface area contributed by atoms with E-state index in [0.717, 1.165) is 27.9 Å². The molecule has 7 heteroatoms. The molecule has 34 heavy (non-hydrogen) atoms. The summed E-state index contributed by atoms with van der Waals surface area (Å²) in [7, 11) is 0. The molecule has 0 fully saturated rings. The quantitative estimate of drug-likeness (QED) is 0.383. The zero-order valence-corrected chi connectivity index (χ0v) is 19.2. The number of nitrogens with zero attached hydrogens (tertiary/aromatic N) is 2. The number of hydrogen-bond donors (Lipinski definition) is 3. The number of rotatable bonds is 4. The van der Waals surface area contributed by atoms with Crippen molar-refractivity contribution < 1.29 is 9.21 Å². The molecule has 170 valence electrons. The Morgan fingerprint density at radius 1 is 0.941 bits per heavy atom. The van der Waals surface area contributed by atoms with Crippen LogP contribution in [0.3, 0.4) is 0 Å². The number of para-hydroxylation sites is 3. The Bertz CT molecular complexity index is 1400. The lowest BCUT2D eigenvalue weighted by molar-refractivity contribution is -0.113. The molecule has 0 saturated carbocycles. The van der Waals surface area contributed by atoms with Gasteiger partial charge in [0.25, 0.3) is 5.91 Å². The van der Waals surface area contributed by atoms with Gasteiger partial charge in [-0.05, 0) is 50.1 Å². The number of oxazole rings is 1. The molecule has 1 amide bonds. The molecule has 0 radical (unpaired) electrons. The average molecular weight is 452 g/mol. The Morgan fingerprint density at radius 3 is 2.44 bits per heavy atom. The molecule has 1 aliphatic rings. The Morgan fingerprint density at radius 2 is 1.68 bits per heavy atom. The largest absolute Gasteiger partial charge is 0.423 e. The van der Waals surface area contributed by atoms with Gasteiger partial charge in [0.2, 0.25) is 5.96 Å². The van der Waals surface area contributed by atoms with Crippen molar-refractivity contribution in [1.82, 2.24) is 10.3 Å². The highest BCUT2D eigenvalue weighted by Gasteiger charge is 2.30. The molecular formula is C27H25N5O2. The minimum absolute atomic E-state index is 0.200. The number of hydrogen-bond acceptors (Lipinski definition) is 6. The summed E-state index contributed by atoms with van der Waals surface area (Å²) in [6.45, 7) is 5.87. The number of carbonyl (C=O) groups excluding carboxylic acids is 1. The molecule has 0 aliphatic carbocycles. The summed E-state index contributed by atoms with van der Waals surface area (Å²) in [5.41, 5.74) is 6.50. The minimum atomic E-state index is -0.502. The molecule has 5 rings (SSSR count). The molecule has 1 aliphatic heterocycles. The Hall–Kier alpha value is -4.39. The predicted molar refractivity (Wildman–Crippen MR) is 135 cm³/mol. The van der Waals surface area contributed by atoms with E-state index in [2.05, 4.69) is 20.9 Å². The Balaban J connectivity index is 1.48. The first kappa shape index (κ1) is 21.5. The summed E-state index contributed by atoms with van der Waals surface area (Å²) in [5, 5.41) is 9.38. The average Bonchev–Trinajstić information content (AvgIpc) is 3.23. The Labute approximate surface area is 197 Å². The summed E-state index contributed by atoms with van der Waals surface area (Å²) in [6.07, 6.45) is 0. The van der Waals surface area contributed by atoms with E-state index in [4.69, 9.17) is 9.41 Å². The van der Waals surface area contributed by atoms with Crippen molar-refractivity contribution in [2.24, 2.45) is 4.99 Å². The number of guanidine groups is 1. The van der Waals surface area contributed by atoms with E-state index < -0.39 is 6.04 Å². The van der Waals surface area contributed by atoms with Gasteiger partial charge >= 0.3 is 6.01 Å². The monoisotopic (exact) mass is 451 g/mol. The van der Waals surface area contributed by atoms with E-state index >= 15 is 0 Å². The maximum absolute atomic E-state index is 13.4. The second-order valence-electron chi connectivity index (χ2n) is 8.34. The van der Waals surface area contributed by atoms with Crippen LogP contribution in [0.5, 0.6) is 0 Å². The molecule has 7 nitrogen and oxygen atoms in total. The van der Waals surface area contributed by atoms with Crippen molar-refractivity contribution in [2.75, 3.05) is 10.6 Å². The van der Waals surface area contributed by atoms with E-state index in [0.29, 0.717) is 28.8 Å². The molecule has 3 aromatic carbocycles. The summed E-state index contributed by atoms with van der Waals surface area (Å²) >= 11 is 0. The van der Waals surface area contributed by atoms with E-state index in [-0.39, 0.29) is 5.91 Å². The van der Waals surface area contributed by atoms with E-state index in [1.807, 2.05) is 93.6 Å². The SMILES string of the molecule is CC1=C(C(=O)Nc2ccccc2C)[C@@H](c2ccc(C)cc2)N=C(Nc2nc3ccccc3o2)N1. The number of allylic oxidation sites excluding steroid dienone is 1. The maximum Gasteiger partial charge on any atom is 0.302 e. The van der Waals surface area contributed by atoms with E-state index in [1.54, 1.807) is 0 Å². The highest BCUT2D eigenvalue weighted by molar-refractivity contribution is 6.08. The number of aryl methyl sites for hydroxylation is 2. The number of aliphatic imine (C=N–C) groups is 1. The van der Waals surface area contributed by atoms with Crippen molar-refractivity contribution in [3.05, 3.63) is 101 Å². The van der Waals surface area contributed by atoms with Crippen LogP contribution < -0.4 is 16.0 Å². The molecular weight excluding hydrogens is 426 g/mol. The molecule has 3 N–H and O–H groups in total. The van der Waals surface area contributed by atoms with Crippen molar-refractivity contribution in [3.8, 4) is 0 Å². The third-order valence-electron chi connectivity index (χ3n) is 5.79. The van der Waals surface area contributed by atoms with Gasteiger partial charge in [-0.1, -0.05) is 60.2 Å². The molecule has 0 bridgehead atoms. The van der Waals surface area contributed by atoms with Gasteiger partial charge in [-0.2, -0.15) is 4.98 Å². The number of anilines is 2. The number of nitrogens with one attached hydrogen (secondary N) is 3. The van der Waals surface area contributed by atoms with Gasteiger partial charge in [0.15, 0.2) is 5.58 Å². The van der Waals surface area contributed by atoms with Crippen LogP contribution in [0.4, 0.5) is 11.7 Å². The number of benzene rings is 3. The molecule has 0 saturated heterocycles. The highest BCUT2D eigenvalue weighted by Crippen LogP contribution is 2.32. The van der Waals surface area contributed by atoms with Crippen LogP contribution in [0.15, 0.2) is 93.5 Å². The second kappa shape index (κ2) is 8.86. The minimum Gasteiger partial charge on any atom is -0.423 e. The predicted octanol–water partition coefficient (Wildman–Crippen LogP) is 5.47. The summed E-state index contributed by atoms with van der Waals surface area (Å²) < 4.78 is 5.79. The maximum atomic E-state index is 13.4. The van der Waals surface area contributed by atoms with Gasteiger partial charge in [-0.3, -0.25) is 10.1 Å². The zero-order chi connectivity index (χ0) is 23.7. The molecule has 0 unspecified atom stereocenters. The van der Waals surface area contributed by atoms with Crippen LogP contribution in [0, 0.1) is 13.8 Å². The molecule has 2 heterocycles. The molecule has 1 aromatic heterocycles. The topological polar surface area (TPSA) is 91.5 Å². The highest BCUT2D eigenvalue weighted by atomic mass is 16.4. The number of carbonyl (C=O) groups is 1. The lowest BCUT2D eigenvalue weighted by Gasteiger charge is -2.26. The first-order valence-electron chi connectivity index (χ1n) is 11.1. The van der Waals surface area contributed by atoms with E-state index in [1.165, 1.54) is 0 Å². The van der Waals surface area contributed by atoms with Gasteiger partial charge < -0.3 is 15.1 Å². The zero-order valence-electron chi connectivity index (χ0n) is 19.2. The fraction of sp³-hybridized carbons (Fsp3) is 0.148. The number of aromatic nitrogens is 1. The van der Waals surface area contributed by atoms with Crippen molar-refractivity contribution in [1.29, 1.82) is 0 Å². The van der Waals surface area contributed by atoms with Crippen molar-refractivity contribution >= 4 is 34.7 Å². The van der Waals surface area contributed by atoms with Gasteiger partial charge in [0.05, 0.1) is 5.57 Å². The third kappa shape index (κ3) is 4.28. The number of amides is 1. The molecule has 0 spiro atoms. The van der Waals surface area contributed by atoms with Crippen LogP contribution >= 0.6 is 0 Å². The fourth-order valence-corrected chi connectivity index (χ4v) is 3.95. The van der Waals surface area contributed by atoms with Gasteiger partial charge in [-0.15, -0.1) is 0 Å². The number of fused-ring (bicyclic) bond motifs is 1. The first-order valence-corrected chi connectivity index (χ1v) is 11.1. The standard InChI is InChI=1S/C27H25N5O2/c1-16-12-14-19(15-13-16)24-23(25(33)29-20-9-5-4-8-17(20)2)18(3)28-26(31-24)32-27-30-21-10-6-7-11-22(21)34-27/h4-15,24H,1-3H3,(H,29,33)(H2,28,30,31,32)/t24-/m1/s1. The third-order valence-corrected chi connectivity index (χ3v) is 5.79. The van der Waals surface area contributed by atoms with Crippen LogP contribution in [0.1, 0.15) is 29.7 Å². The Kier molecular flexibility index (Phi) is 5.59. The fourth-order valence-electron chi connectivity index (χ4n) is 3.95. The van der Waals surface area contributed by atoms with Crippen LogP contribution in [0.2, 0.25) is 0 Å².